The van der Waals surface area contributed by atoms with Crippen LogP contribution >= 0.6 is 11.6 Å². The summed E-state index contributed by atoms with van der Waals surface area (Å²) in [5.41, 5.74) is 1.65. The molecule has 0 atom stereocenters. The largest absolute Gasteiger partial charge is 0.380 e. The van der Waals surface area contributed by atoms with Crippen molar-refractivity contribution in [2.45, 2.75) is 38.5 Å². The minimum absolute atomic E-state index is 0.263. The first kappa shape index (κ1) is 12.9. The Kier molecular flexibility index (Phi) is 4.11. The topological polar surface area (TPSA) is 9.23 Å². The zero-order valence-corrected chi connectivity index (χ0v) is 11.5. The summed E-state index contributed by atoms with van der Waals surface area (Å²) in [6, 6.07) is 8.28. The molecule has 0 amide bonds. The Labute approximate surface area is 109 Å². The first-order chi connectivity index (χ1) is 8.12. The molecule has 0 aliphatic heterocycles. The second-order valence-electron chi connectivity index (χ2n) is 5.55. The van der Waals surface area contributed by atoms with Gasteiger partial charge in [0.2, 0.25) is 0 Å². The third kappa shape index (κ3) is 3.02. The highest BCUT2D eigenvalue weighted by Crippen LogP contribution is 2.44. The summed E-state index contributed by atoms with van der Waals surface area (Å²) in [6.45, 7) is 6.09. The van der Waals surface area contributed by atoms with E-state index in [9.17, 15) is 0 Å². The normalized spacial score (nSPS) is 18.1. The van der Waals surface area contributed by atoms with Gasteiger partial charge < -0.3 is 4.74 Å². The first-order valence-electron chi connectivity index (χ1n) is 6.46. The number of ether oxygens (including phenoxy) is 1. The van der Waals surface area contributed by atoms with Crippen LogP contribution in [0.2, 0.25) is 5.02 Å². The molecule has 0 bridgehead atoms. The van der Waals surface area contributed by atoms with Crippen molar-refractivity contribution in [3.8, 4) is 0 Å². The predicted octanol–water partition coefficient (Wildman–Crippen LogP) is 4.43. The van der Waals surface area contributed by atoms with Gasteiger partial charge in [0.15, 0.2) is 0 Å². The van der Waals surface area contributed by atoms with E-state index in [0.29, 0.717) is 5.92 Å². The van der Waals surface area contributed by atoms with E-state index in [2.05, 4.69) is 26.0 Å². The maximum atomic E-state index is 5.94. The molecule has 1 saturated carbocycles. The lowest BCUT2D eigenvalue weighted by Gasteiger charge is -2.42. The van der Waals surface area contributed by atoms with Gasteiger partial charge in [0.1, 0.15) is 0 Å². The molecule has 1 aromatic carbocycles. The molecule has 0 aromatic heterocycles. The third-order valence-corrected chi connectivity index (χ3v) is 3.85. The number of hydrogen-bond donors (Lipinski definition) is 0. The monoisotopic (exact) mass is 252 g/mol. The molecule has 0 radical (unpaired) electrons. The lowest BCUT2D eigenvalue weighted by atomic mass is 9.65. The Balaban J connectivity index is 2.01. The van der Waals surface area contributed by atoms with Gasteiger partial charge in [-0.05, 0) is 36.5 Å². The molecule has 0 N–H and O–H groups in total. The number of halogens is 1. The number of rotatable bonds is 5. The van der Waals surface area contributed by atoms with Crippen LogP contribution in [0, 0.1) is 5.92 Å². The van der Waals surface area contributed by atoms with Gasteiger partial charge in [-0.3, -0.25) is 0 Å². The minimum Gasteiger partial charge on any atom is -0.380 e. The van der Waals surface area contributed by atoms with Crippen LogP contribution in [0.3, 0.4) is 0 Å². The van der Waals surface area contributed by atoms with Gasteiger partial charge in [-0.25, -0.2) is 0 Å². The maximum Gasteiger partial charge on any atom is 0.0563 e. The first-order valence-corrected chi connectivity index (χ1v) is 6.84. The Morgan fingerprint density at radius 1 is 1.24 bits per heavy atom. The van der Waals surface area contributed by atoms with Gasteiger partial charge in [0, 0.05) is 17.0 Å². The molecule has 2 rings (SSSR count). The van der Waals surface area contributed by atoms with E-state index in [4.69, 9.17) is 16.3 Å². The molecule has 0 spiro atoms. The second kappa shape index (κ2) is 5.41. The smallest absolute Gasteiger partial charge is 0.0563 e. The molecule has 1 nitrogen and oxygen atoms in total. The molecule has 0 saturated heterocycles. The zero-order valence-electron chi connectivity index (χ0n) is 10.7. The number of hydrogen-bond acceptors (Lipinski definition) is 1. The zero-order chi connectivity index (χ0) is 12.3. The van der Waals surface area contributed by atoms with E-state index >= 15 is 0 Å². The van der Waals surface area contributed by atoms with E-state index in [1.54, 1.807) is 0 Å². The van der Waals surface area contributed by atoms with Crippen molar-refractivity contribution >= 4 is 11.6 Å². The van der Waals surface area contributed by atoms with Gasteiger partial charge >= 0.3 is 0 Å². The van der Waals surface area contributed by atoms with Crippen molar-refractivity contribution in [3.05, 3.63) is 34.9 Å². The van der Waals surface area contributed by atoms with Crippen LogP contribution in [-0.2, 0) is 10.2 Å². The van der Waals surface area contributed by atoms with Crippen LogP contribution in [0.4, 0.5) is 0 Å². The van der Waals surface area contributed by atoms with E-state index < -0.39 is 0 Å². The van der Waals surface area contributed by atoms with Crippen LogP contribution < -0.4 is 0 Å². The van der Waals surface area contributed by atoms with Crippen molar-refractivity contribution in [3.63, 3.8) is 0 Å². The van der Waals surface area contributed by atoms with Gasteiger partial charge in [-0.1, -0.05) is 44.0 Å². The fourth-order valence-electron chi connectivity index (χ4n) is 2.41. The second-order valence-corrected chi connectivity index (χ2v) is 5.99. The molecule has 0 heterocycles. The quantitative estimate of drug-likeness (QED) is 0.753. The van der Waals surface area contributed by atoms with Gasteiger partial charge in [-0.2, -0.15) is 0 Å². The van der Waals surface area contributed by atoms with Gasteiger partial charge in [0.05, 0.1) is 6.61 Å². The van der Waals surface area contributed by atoms with Crippen LogP contribution in [-0.4, -0.2) is 13.2 Å². The molecular formula is C15H21ClO. The Morgan fingerprint density at radius 3 is 2.35 bits per heavy atom. The summed E-state index contributed by atoms with van der Waals surface area (Å²) in [5, 5.41) is 0.811. The van der Waals surface area contributed by atoms with Crippen LogP contribution in [0.5, 0.6) is 0 Å². The highest BCUT2D eigenvalue weighted by Gasteiger charge is 2.38. The number of benzene rings is 1. The fourth-order valence-corrected chi connectivity index (χ4v) is 2.54. The van der Waals surface area contributed by atoms with Crippen molar-refractivity contribution in [1.29, 1.82) is 0 Å². The van der Waals surface area contributed by atoms with Crippen LogP contribution in [0.1, 0.15) is 38.7 Å². The summed E-state index contributed by atoms with van der Waals surface area (Å²) in [6.07, 6.45) is 3.80. The average Bonchev–Trinajstić information content (AvgIpc) is 2.23. The molecule has 2 heteroatoms. The van der Waals surface area contributed by atoms with Crippen LogP contribution in [0.25, 0.3) is 0 Å². The van der Waals surface area contributed by atoms with E-state index in [1.165, 1.54) is 24.8 Å². The van der Waals surface area contributed by atoms with E-state index in [-0.39, 0.29) is 5.41 Å². The summed E-state index contributed by atoms with van der Waals surface area (Å²) < 4.78 is 5.85. The third-order valence-electron chi connectivity index (χ3n) is 3.60. The van der Waals surface area contributed by atoms with Crippen molar-refractivity contribution in [2.24, 2.45) is 5.92 Å². The molecule has 94 valence electrons. The SMILES string of the molecule is CC(C)COCC1(c2ccc(Cl)cc2)CCC1. The molecular weight excluding hydrogens is 232 g/mol. The molecule has 1 aromatic rings. The highest BCUT2D eigenvalue weighted by molar-refractivity contribution is 6.30. The molecule has 17 heavy (non-hydrogen) atoms. The molecule has 1 aliphatic rings. The summed E-state index contributed by atoms with van der Waals surface area (Å²) >= 11 is 5.94. The lowest BCUT2D eigenvalue weighted by molar-refractivity contribution is 0.0321. The van der Waals surface area contributed by atoms with Crippen molar-refractivity contribution in [1.82, 2.24) is 0 Å². The lowest BCUT2D eigenvalue weighted by Crippen LogP contribution is -2.39. The summed E-state index contributed by atoms with van der Waals surface area (Å²) in [5.74, 6) is 0.609. The molecule has 0 unspecified atom stereocenters. The maximum absolute atomic E-state index is 5.94. The van der Waals surface area contributed by atoms with Gasteiger partial charge in [-0.15, -0.1) is 0 Å². The van der Waals surface area contributed by atoms with E-state index in [0.717, 1.165) is 18.2 Å². The summed E-state index contributed by atoms with van der Waals surface area (Å²) in [7, 11) is 0. The Bertz CT molecular complexity index is 352. The predicted molar refractivity (Wildman–Crippen MR) is 72.6 cm³/mol. The standard InChI is InChI=1S/C15H21ClO/c1-12(2)10-17-11-15(8-3-9-15)13-4-6-14(16)7-5-13/h4-7,12H,3,8-11H2,1-2H3. The fraction of sp³-hybridized carbons (Fsp3) is 0.600. The average molecular weight is 253 g/mol. The van der Waals surface area contributed by atoms with Crippen LogP contribution in [0.15, 0.2) is 24.3 Å². The minimum atomic E-state index is 0.263. The molecule has 1 aliphatic carbocycles. The van der Waals surface area contributed by atoms with Gasteiger partial charge in [0.25, 0.3) is 0 Å². The molecule has 1 fully saturated rings. The Hall–Kier alpha value is -0.530. The van der Waals surface area contributed by atoms with Crippen molar-refractivity contribution in [2.75, 3.05) is 13.2 Å². The Morgan fingerprint density at radius 2 is 1.88 bits per heavy atom. The highest BCUT2D eigenvalue weighted by atomic mass is 35.5. The van der Waals surface area contributed by atoms with E-state index in [1.807, 2.05) is 12.1 Å². The van der Waals surface area contributed by atoms with Crippen molar-refractivity contribution < 1.29 is 4.74 Å². The summed E-state index contributed by atoms with van der Waals surface area (Å²) in [4.78, 5) is 0.